The van der Waals surface area contributed by atoms with Crippen LogP contribution in [0.25, 0.3) is 0 Å². The molecule has 2 N–H and O–H groups in total. The van der Waals surface area contributed by atoms with Gasteiger partial charge in [0.2, 0.25) is 5.78 Å². The molecular weight excluding hydrogens is 687 g/mol. The number of ketones is 1. The number of rotatable bonds is 8. The first kappa shape index (κ1) is 38.2. The number of Topliss-reactive ketones (excluding diaryl/α,β-unsaturated/α-hetero) is 1. The van der Waals surface area contributed by atoms with Crippen molar-refractivity contribution in [2.45, 2.75) is 150 Å². The molecule has 11 rings (SSSR count). The number of furan rings is 1. The summed E-state index contributed by atoms with van der Waals surface area (Å²) in [6.07, 6.45) is 19.9. The molecule has 4 bridgehead atoms. The molecule has 1 aromatic rings. The van der Waals surface area contributed by atoms with Crippen LogP contribution in [-0.2, 0) is 4.74 Å². The molecule has 55 heavy (non-hydrogen) atoms. The number of hydrogen-bond donors (Lipinski definition) is 2. The highest BCUT2D eigenvalue weighted by Crippen LogP contribution is 2.78. The van der Waals surface area contributed by atoms with E-state index in [1.165, 1.54) is 19.3 Å². The van der Waals surface area contributed by atoms with Crippen molar-refractivity contribution in [3.8, 4) is 0 Å². The summed E-state index contributed by atoms with van der Waals surface area (Å²) < 4.78 is 12.4. The van der Waals surface area contributed by atoms with Crippen LogP contribution in [0.1, 0.15) is 142 Å². The van der Waals surface area contributed by atoms with Gasteiger partial charge in [-0.05, 0) is 147 Å². The summed E-state index contributed by atoms with van der Waals surface area (Å²) in [7, 11) is 0. The van der Waals surface area contributed by atoms with Crippen molar-refractivity contribution in [2.75, 3.05) is 13.1 Å². The maximum absolute atomic E-state index is 14.8. The molecule has 7 saturated carbocycles. The van der Waals surface area contributed by atoms with E-state index in [1.54, 1.807) is 18.4 Å². The summed E-state index contributed by atoms with van der Waals surface area (Å²) in [5.74, 6) is 3.58. The van der Waals surface area contributed by atoms with Crippen LogP contribution in [0.15, 0.2) is 46.6 Å². The number of carbonyl (C=O) groups is 2. The Balaban J connectivity index is 1.07. The maximum Gasteiger partial charge on any atom is 0.410 e. The molecule has 1 amide bonds. The largest absolute Gasteiger partial charge is 0.461 e. The molecule has 1 unspecified atom stereocenters. The molecule has 2 spiro atoms. The van der Waals surface area contributed by atoms with E-state index < -0.39 is 27.9 Å². The molecule has 0 aromatic carbocycles. The molecule has 0 saturated heterocycles. The van der Waals surface area contributed by atoms with Crippen molar-refractivity contribution in [2.24, 2.45) is 74.4 Å². The Morgan fingerprint density at radius 2 is 1.69 bits per heavy atom. The Hall–Kier alpha value is -2.38. The lowest BCUT2D eigenvalue weighted by Crippen LogP contribution is -2.67. The molecule has 7 fully saturated rings. The van der Waals surface area contributed by atoms with Crippen molar-refractivity contribution in [1.82, 2.24) is 4.90 Å². The molecular formula is C48H69NO6. The van der Waals surface area contributed by atoms with Gasteiger partial charge >= 0.3 is 6.09 Å². The van der Waals surface area contributed by atoms with Gasteiger partial charge in [-0.3, -0.25) is 4.79 Å². The van der Waals surface area contributed by atoms with E-state index in [-0.39, 0.29) is 47.2 Å². The van der Waals surface area contributed by atoms with E-state index in [0.29, 0.717) is 54.7 Å². The molecule has 10 aliphatic rings. The third-order valence-electron chi connectivity index (χ3n) is 19.1. The number of hydrogen-bond acceptors (Lipinski definition) is 6. The Morgan fingerprint density at radius 3 is 2.40 bits per heavy atom. The molecule has 0 aliphatic heterocycles. The molecule has 10 aliphatic carbocycles. The second-order valence-electron chi connectivity index (χ2n) is 21.9. The first-order valence-corrected chi connectivity index (χ1v) is 22.4. The molecule has 1 heterocycles. The van der Waals surface area contributed by atoms with Gasteiger partial charge in [0.05, 0.1) is 24.5 Å². The Kier molecular flexibility index (Phi) is 8.89. The van der Waals surface area contributed by atoms with E-state index in [4.69, 9.17) is 9.15 Å². The lowest BCUT2D eigenvalue weighted by molar-refractivity contribution is -0.177. The summed E-state index contributed by atoms with van der Waals surface area (Å²) in [5, 5.41) is 24.4. The smallest absolute Gasteiger partial charge is 0.410 e. The van der Waals surface area contributed by atoms with Crippen LogP contribution < -0.4 is 0 Å². The molecule has 302 valence electrons. The van der Waals surface area contributed by atoms with E-state index in [2.05, 4.69) is 66.7 Å². The van der Waals surface area contributed by atoms with E-state index in [0.717, 1.165) is 62.9 Å². The first-order chi connectivity index (χ1) is 26.0. The van der Waals surface area contributed by atoms with Crippen LogP contribution in [0.4, 0.5) is 4.79 Å². The number of aliphatic hydroxyl groups is 2. The highest BCUT2D eigenvalue weighted by Gasteiger charge is 2.75. The highest BCUT2D eigenvalue weighted by atomic mass is 16.6. The van der Waals surface area contributed by atoms with E-state index in [9.17, 15) is 19.8 Å². The Bertz CT molecular complexity index is 1740. The summed E-state index contributed by atoms with van der Waals surface area (Å²) in [6, 6.07) is 3.56. The standard InChI is InChI=1S/C48H69NO6/c1-29(2)34-13-10-30(3)23-38(34)55-42(52)49(27-31-11-12-32-24-35(31)43(32,4)5)28-47(53)19-16-40-45(47,7)18-15-39-44(6)17-14-33(50)25-46(44)20-21-48(39,40)36(26-46)41(51)37-9-8-22-54-37/h8-9,20-22,26,29-35,38-40,50,53H,10-19,23-25,27-28H2,1-7H3/t30-,31-,32-,33?,34+,35-,38-,39+,40+,44+,45-,46-,47+,48+/m0/s1. The number of fused-ring (bicyclic) bond motifs is 3. The maximum atomic E-state index is 14.8. The lowest BCUT2D eigenvalue weighted by atomic mass is 9.32. The summed E-state index contributed by atoms with van der Waals surface area (Å²) in [5.41, 5.74) is -1.65. The quantitative estimate of drug-likeness (QED) is 0.202. The zero-order valence-corrected chi connectivity index (χ0v) is 34.8. The zero-order valence-electron chi connectivity index (χ0n) is 34.8. The fourth-order valence-corrected chi connectivity index (χ4v) is 15.6. The number of ether oxygens (including phenoxy) is 1. The SMILES string of the molecule is CC(C)[C@H]1CC[C@H](C)C[C@@H]1OC(=O)N(C[C@@H]1CC[C@H]2C[C@@H]1C2(C)C)C[C@]1(O)CC[C@H]2[C@]34C=C[C@@]5(C=C3C(=O)c3ccco3)CC(O)CC[C@]5(C)[C@H]4CC[C@@]21C. The normalized spacial score (nSPS) is 47.6. The minimum Gasteiger partial charge on any atom is -0.461 e. The number of nitrogens with zero attached hydrogens (tertiary/aromatic N) is 1. The zero-order chi connectivity index (χ0) is 38.9. The first-order valence-electron chi connectivity index (χ1n) is 22.4. The average Bonchev–Trinajstić information content (AvgIpc) is 3.77. The minimum absolute atomic E-state index is 0.00975. The number of allylic oxidation sites excluding steroid dienone is 4. The third-order valence-corrected chi connectivity index (χ3v) is 19.1. The van der Waals surface area contributed by atoms with Crippen LogP contribution >= 0.6 is 0 Å². The highest BCUT2D eigenvalue weighted by molar-refractivity contribution is 6.08. The lowest BCUT2D eigenvalue weighted by Gasteiger charge is -2.71. The summed E-state index contributed by atoms with van der Waals surface area (Å²) >= 11 is 0. The number of aliphatic hydroxyl groups excluding tert-OH is 1. The van der Waals surface area contributed by atoms with Gasteiger partial charge in [-0.2, -0.15) is 0 Å². The van der Waals surface area contributed by atoms with E-state index in [1.807, 2.05) is 4.90 Å². The molecule has 7 heteroatoms. The van der Waals surface area contributed by atoms with Crippen molar-refractivity contribution < 1.29 is 29.0 Å². The fourth-order valence-electron chi connectivity index (χ4n) is 15.6. The number of amides is 1. The monoisotopic (exact) mass is 756 g/mol. The Morgan fingerprint density at radius 1 is 0.945 bits per heavy atom. The second kappa shape index (κ2) is 12.8. The van der Waals surface area contributed by atoms with Crippen LogP contribution in [0.5, 0.6) is 0 Å². The van der Waals surface area contributed by atoms with Gasteiger partial charge in [-0.15, -0.1) is 0 Å². The predicted octanol–water partition coefficient (Wildman–Crippen LogP) is 10.0. The molecule has 0 radical (unpaired) electrons. The van der Waals surface area contributed by atoms with Gasteiger partial charge < -0.3 is 24.3 Å². The average molecular weight is 756 g/mol. The van der Waals surface area contributed by atoms with Gasteiger partial charge in [-0.1, -0.05) is 73.1 Å². The van der Waals surface area contributed by atoms with Gasteiger partial charge in [-0.25, -0.2) is 4.79 Å². The van der Waals surface area contributed by atoms with Gasteiger partial charge in [0, 0.05) is 28.4 Å². The van der Waals surface area contributed by atoms with Crippen molar-refractivity contribution >= 4 is 11.9 Å². The van der Waals surface area contributed by atoms with Crippen molar-refractivity contribution in [1.29, 1.82) is 0 Å². The van der Waals surface area contributed by atoms with Crippen molar-refractivity contribution in [3.05, 3.63) is 48.0 Å². The number of carbonyl (C=O) groups excluding carboxylic acids is 2. The third kappa shape index (κ3) is 5.32. The Labute approximate surface area is 330 Å². The second-order valence-corrected chi connectivity index (χ2v) is 21.9. The van der Waals surface area contributed by atoms with Crippen LogP contribution in [0.2, 0.25) is 0 Å². The van der Waals surface area contributed by atoms with Crippen LogP contribution in [0, 0.1) is 74.4 Å². The molecule has 7 nitrogen and oxygen atoms in total. The summed E-state index contributed by atoms with van der Waals surface area (Å²) in [6.45, 7) is 17.3. The minimum atomic E-state index is -1.14. The topological polar surface area (TPSA) is 100 Å². The van der Waals surface area contributed by atoms with Gasteiger partial charge in [0.15, 0.2) is 5.76 Å². The van der Waals surface area contributed by atoms with Gasteiger partial charge in [0.25, 0.3) is 0 Å². The fraction of sp³-hybridized carbons (Fsp3) is 0.792. The predicted molar refractivity (Wildman–Crippen MR) is 213 cm³/mol. The van der Waals surface area contributed by atoms with Gasteiger partial charge in [0.1, 0.15) is 6.10 Å². The molecule has 1 aromatic heterocycles. The molecule has 14 atom stereocenters. The van der Waals surface area contributed by atoms with Crippen molar-refractivity contribution in [3.63, 3.8) is 0 Å². The van der Waals surface area contributed by atoms with Crippen LogP contribution in [0.3, 0.4) is 0 Å². The van der Waals surface area contributed by atoms with E-state index >= 15 is 0 Å². The van der Waals surface area contributed by atoms with Crippen LogP contribution in [-0.4, -0.2) is 57.9 Å². The summed E-state index contributed by atoms with van der Waals surface area (Å²) in [4.78, 5) is 31.4.